The van der Waals surface area contributed by atoms with E-state index in [1.165, 1.54) is 5.56 Å². The van der Waals surface area contributed by atoms with Gasteiger partial charge in [-0.25, -0.2) is 0 Å². The molecule has 0 aromatic heterocycles. The van der Waals surface area contributed by atoms with Crippen molar-refractivity contribution >= 4 is 5.97 Å². The van der Waals surface area contributed by atoms with Crippen molar-refractivity contribution in [3.63, 3.8) is 0 Å². The normalized spacial score (nSPS) is 12.6. The fourth-order valence-corrected chi connectivity index (χ4v) is 2.18. The zero-order valence-corrected chi connectivity index (χ0v) is 12.7. The van der Waals surface area contributed by atoms with Crippen LogP contribution in [0.3, 0.4) is 0 Å². The monoisotopic (exact) mass is 278 g/mol. The highest BCUT2D eigenvalue weighted by Gasteiger charge is 2.06. The molecular formula is C16H26N2O2. The van der Waals surface area contributed by atoms with Crippen LogP contribution in [0.5, 0.6) is 0 Å². The Bertz CT molecular complexity index is 399. The Balaban J connectivity index is 2.39. The molecule has 1 unspecified atom stereocenters. The number of rotatable bonds is 9. The maximum absolute atomic E-state index is 10.6. The molecule has 0 heterocycles. The van der Waals surface area contributed by atoms with Crippen LogP contribution in [0, 0.1) is 0 Å². The zero-order valence-electron chi connectivity index (χ0n) is 12.7. The van der Waals surface area contributed by atoms with Gasteiger partial charge in [-0.2, -0.15) is 0 Å². The summed E-state index contributed by atoms with van der Waals surface area (Å²) < 4.78 is 0. The average Bonchev–Trinajstić information content (AvgIpc) is 2.43. The van der Waals surface area contributed by atoms with E-state index < -0.39 is 5.97 Å². The number of carboxylic acid groups (broad SMARTS) is 1. The van der Waals surface area contributed by atoms with Crippen LogP contribution in [0.4, 0.5) is 0 Å². The van der Waals surface area contributed by atoms with Gasteiger partial charge in [-0.3, -0.25) is 4.79 Å². The van der Waals surface area contributed by atoms with Gasteiger partial charge in [0.25, 0.3) is 0 Å². The minimum Gasteiger partial charge on any atom is -0.481 e. The molecule has 0 aliphatic rings. The summed E-state index contributed by atoms with van der Waals surface area (Å²) in [6.07, 6.45) is 0.0894. The van der Waals surface area contributed by atoms with Gasteiger partial charge in [0.2, 0.25) is 0 Å². The van der Waals surface area contributed by atoms with Crippen LogP contribution in [0.15, 0.2) is 24.3 Å². The Morgan fingerprint density at radius 3 is 2.25 bits per heavy atom. The van der Waals surface area contributed by atoms with E-state index >= 15 is 0 Å². The SMILES string of the molecule is CCN(CC)CC(C)NCc1ccc(CC(=O)O)cc1. The maximum atomic E-state index is 10.6. The van der Waals surface area contributed by atoms with Crippen molar-refractivity contribution in [2.24, 2.45) is 0 Å². The third kappa shape index (κ3) is 6.17. The molecule has 0 fully saturated rings. The number of hydrogen-bond acceptors (Lipinski definition) is 3. The summed E-state index contributed by atoms with van der Waals surface area (Å²) in [5.41, 5.74) is 2.03. The van der Waals surface area contributed by atoms with E-state index in [0.29, 0.717) is 6.04 Å². The molecule has 0 aliphatic carbocycles. The highest BCUT2D eigenvalue weighted by Crippen LogP contribution is 2.05. The van der Waals surface area contributed by atoms with E-state index in [1.54, 1.807) is 0 Å². The summed E-state index contributed by atoms with van der Waals surface area (Å²) in [6, 6.07) is 8.21. The number of hydrogen-bond donors (Lipinski definition) is 2. The molecular weight excluding hydrogens is 252 g/mol. The van der Waals surface area contributed by atoms with Crippen molar-refractivity contribution in [1.29, 1.82) is 0 Å². The van der Waals surface area contributed by atoms with Crippen molar-refractivity contribution in [2.75, 3.05) is 19.6 Å². The first kappa shape index (κ1) is 16.7. The lowest BCUT2D eigenvalue weighted by molar-refractivity contribution is -0.136. The summed E-state index contributed by atoms with van der Waals surface area (Å²) in [5, 5.41) is 12.2. The van der Waals surface area contributed by atoms with Crippen molar-refractivity contribution in [3.8, 4) is 0 Å². The van der Waals surface area contributed by atoms with Gasteiger partial charge in [0, 0.05) is 19.1 Å². The van der Waals surface area contributed by atoms with Gasteiger partial charge in [0.05, 0.1) is 6.42 Å². The summed E-state index contributed by atoms with van der Waals surface area (Å²) in [7, 11) is 0. The van der Waals surface area contributed by atoms with Crippen LogP contribution < -0.4 is 5.32 Å². The molecule has 0 amide bonds. The first-order valence-corrected chi connectivity index (χ1v) is 7.30. The van der Waals surface area contributed by atoms with Gasteiger partial charge in [-0.05, 0) is 31.1 Å². The molecule has 2 N–H and O–H groups in total. The number of likely N-dealkylation sites (N-methyl/N-ethyl adjacent to an activating group) is 1. The van der Waals surface area contributed by atoms with E-state index in [-0.39, 0.29) is 6.42 Å². The number of carboxylic acids is 1. The van der Waals surface area contributed by atoms with Crippen molar-refractivity contribution in [3.05, 3.63) is 35.4 Å². The second-order valence-corrected chi connectivity index (χ2v) is 5.15. The van der Waals surface area contributed by atoms with Gasteiger partial charge < -0.3 is 15.3 Å². The molecule has 112 valence electrons. The molecule has 0 spiro atoms. The van der Waals surface area contributed by atoms with Crippen LogP contribution in [-0.4, -0.2) is 41.7 Å². The molecule has 4 nitrogen and oxygen atoms in total. The van der Waals surface area contributed by atoms with E-state index in [1.807, 2.05) is 24.3 Å². The summed E-state index contributed by atoms with van der Waals surface area (Å²) >= 11 is 0. The molecule has 0 radical (unpaired) electrons. The summed E-state index contributed by atoms with van der Waals surface area (Å²) in [5.74, 6) is -0.788. The van der Waals surface area contributed by atoms with Gasteiger partial charge in [0.1, 0.15) is 0 Å². The largest absolute Gasteiger partial charge is 0.481 e. The second kappa shape index (κ2) is 8.72. The topological polar surface area (TPSA) is 52.6 Å². The number of carbonyl (C=O) groups is 1. The fourth-order valence-electron chi connectivity index (χ4n) is 2.18. The highest BCUT2D eigenvalue weighted by atomic mass is 16.4. The van der Waals surface area contributed by atoms with Crippen LogP contribution in [0.25, 0.3) is 0 Å². The van der Waals surface area contributed by atoms with E-state index in [4.69, 9.17) is 5.11 Å². The lowest BCUT2D eigenvalue weighted by Crippen LogP contribution is -2.38. The first-order valence-electron chi connectivity index (χ1n) is 7.30. The summed E-state index contributed by atoms with van der Waals surface area (Å²) in [6.45, 7) is 10.6. The van der Waals surface area contributed by atoms with Crippen molar-refractivity contribution < 1.29 is 9.90 Å². The smallest absolute Gasteiger partial charge is 0.307 e. The molecule has 0 bridgehead atoms. The number of nitrogens with zero attached hydrogens (tertiary/aromatic N) is 1. The molecule has 1 aromatic rings. The predicted octanol–water partition coefficient (Wildman–Crippen LogP) is 2.13. The van der Waals surface area contributed by atoms with Crippen LogP contribution in [0.1, 0.15) is 31.9 Å². The molecule has 0 saturated carbocycles. The molecule has 20 heavy (non-hydrogen) atoms. The Morgan fingerprint density at radius 1 is 1.20 bits per heavy atom. The Kier molecular flexibility index (Phi) is 7.26. The van der Waals surface area contributed by atoms with E-state index in [9.17, 15) is 4.79 Å². The number of aliphatic carboxylic acids is 1. The van der Waals surface area contributed by atoms with Crippen LogP contribution >= 0.6 is 0 Å². The van der Waals surface area contributed by atoms with Gasteiger partial charge >= 0.3 is 5.97 Å². The summed E-state index contributed by atoms with van der Waals surface area (Å²) in [4.78, 5) is 13.0. The van der Waals surface area contributed by atoms with E-state index in [2.05, 4.69) is 31.0 Å². The standard InChI is InChI=1S/C16H26N2O2/c1-4-18(5-2)12-13(3)17-11-15-8-6-14(7-9-15)10-16(19)20/h6-9,13,17H,4-5,10-12H2,1-3H3,(H,19,20). The van der Waals surface area contributed by atoms with Crippen molar-refractivity contribution in [2.45, 2.75) is 39.8 Å². The number of nitrogens with one attached hydrogen (secondary N) is 1. The fraction of sp³-hybridized carbons (Fsp3) is 0.562. The lowest BCUT2D eigenvalue weighted by Gasteiger charge is -2.23. The van der Waals surface area contributed by atoms with Crippen molar-refractivity contribution in [1.82, 2.24) is 10.2 Å². The van der Waals surface area contributed by atoms with Crippen LogP contribution in [-0.2, 0) is 17.8 Å². The average molecular weight is 278 g/mol. The molecule has 4 heteroatoms. The minimum atomic E-state index is -0.788. The maximum Gasteiger partial charge on any atom is 0.307 e. The first-order chi connectivity index (χ1) is 9.55. The Labute approximate surface area is 121 Å². The molecule has 1 atom stereocenters. The molecule has 0 saturated heterocycles. The van der Waals surface area contributed by atoms with Crippen LogP contribution in [0.2, 0.25) is 0 Å². The zero-order chi connectivity index (χ0) is 15.0. The van der Waals surface area contributed by atoms with Gasteiger partial charge in [0.15, 0.2) is 0 Å². The second-order valence-electron chi connectivity index (χ2n) is 5.15. The predicted molar refractivity (Wildman–Crippen MR) is 81.9 cm³/mol. The Morgan fingerprint density at radius 2 is 1.75 bits per heavy atom. The molecule has 1 aromatic carbocycles. The lowest BCUT2D eigenvalue weighted by atomic mass is 10.1. The third-order valence-electron chi connectivity index (χ3n) is 3.46. The molecule has 0 aliphatic heterocycles. The van der Waals surface area contributed by atoms with E-state index in [0.717, 1.165) is 31.7 Å². The van der Waals surface area contributed by atoms with Gasteiger partial charge in [-0.15, -0.1) is 0 Å². The Hall–Kier alpha value is -1.39. The third-order valence-corrected chi connectivity index (χ3v) is 3.46. The highest BCUT2D eigenvalue weighted by molar-refractivity contribution is 5.70. The minimum absolute atomic E-state index is 0.0894. The quantitative estimate of drug-likeness (QED) is 0.726. The number of benzene rings is 1. The molecule has 1 rings (SSSR count). The van der Waals surface area contributed by atoms with Gasteiger partial charge in [-0.1, -0.05) is 38.1 Å².